The van der Waals surface area contributed by atoms with Crippen LogP contribution >= 0.6 is 0 Å². The predicted molar refractivity (Wildman–Crippen MR) is 190 cm³/mol. The molecule has 0 atom stereocenters. The third kappa shape index (κ3) is 4.17. The molecule has 0 spiro atoms. The molecule has 0 unspecified atom stereocenters. The zero-order valence-electron chi connectivity index (χ0n) is 29.2. The predicted octanol–water partition coefficient (Wildman–Crippen LogP) is 12.6. The Morgan fingerprint density at radius 2 is 0.978 bits per heavy atom. The van der Waals surface area contributed by atoms with E-state index in [1.54, 1.807) is 0 Å². The molecule has 0 N–H and O–H groups in total. The van der Waals surface area contributed by atoms with Crippen LogP contribution in [-0.2, 0) is 0 Å². The first-order valence-electron chi connectivity index (χ1n) is 17.5. The van der Waals surface area contributed by atoms with E-state index in [9.17, 15) is 0 Å². The van der Waals surface area contributed by atoms with Gasteiger partial charge < -0.3 is 4.42 Å². The molecule has 1 heterocycles. The van der Waals surface area contributed by atoms with Crippen molar-refractivity contribution in [1.29, 1.82) is 0 Å². The Labute approximate surface area is 268 Å². The number of benzene rings is 8. The van der Waals surface area contributed by atoms with Crippen molar-refractivity contribution in [2.45, 2.75) is 0 Å². The molecule has 45 heavy (non-hydrogen) atoms. The van der Waals surface area contributed by atoms with Gasteiger partial charge in [-0.1, -0.05) is 145 Å². The number of fused-ring (bicyclic) bond motifs is 5. The van der Waals surface area contributed by atoms with Crippen LogP contribution in [0.5, 0.6) is 0 Å². The average molecular weight is 578 g/mol. The normalized spacial score (nSPS) is 13.1. The summed E-state index contributed by atoms with van der Waals surface area (Å²) in [5.41, 5.74) is 8.80. The number of rotatable bonds is 4. The Morgan fingerprint density at radius 3 is 1.71 bits per heavy atom. The Hall–Kier alpha value is -5.92. The van der Waals surface area contributed by atoms with Crippen LogP contribution < -0.4 is 0 Å². The van der Waals surface area contributed by atoms with Crippen molar-refractivity contribution >= 4 is 43.5 Å². The number of hydrogen-bond acceptors (Lipinski definition) is 1. The standard InChI is InChI=1S/C44H28O/c1-3-13-29(14-4-1)31-17-11-18-33(27-31)42-34-19-7-9-21-36(34)43(37-22-10-8-20-35(37)42)38-23-12-24-41-44(38)39-28-32(25-26-40(39)45-41)30-15-5-2-6-16-30/h1-28H/i1D,3D,4D,13D,14D. The summed E-state index contributed by atoms with van der Waals surface area (Å²) < 4.78 is 48.3. The van der Waals surface area contributed by atoms with Gasteiger partial charge in [0.05, 0.1) is 6.85 Å². The molecule has 0 aliphatic carbocycles. The molecule has 8 aromatic carbocycles. The van der Waals surface area contributed by atoms with Crippen LogP contribution in [0.15, 0.2) is 174 Å². The zero-order chi connectivity index (χ0) is 34.1. The van der Waals surface area contributed by atoms with E-state index < -0.39 is 6.04 Å². The summed E-state index contributed by atoms with van der Waals surface area (Å²) in [7, 11) is 0. The second-order valence-electron chi connectivity index (χ2n) is 11.3. The van der Waals surface area contributed by atoms with Crippen LogP contribution in [0.1, 0.15) is 6.85 Å². The maximum absolute atomic E-state index is 8.63. The first-order chi connectivity index (χ1) is 24.4. The molecule has 0 bridgehead atoms. The maximum atomic E-state index is 8.63. The molecule has 0 amide bonds. The van der Waals surface area contributed by atoms with Crippen LogP contribution in [0.4, 0.5) is 0 Å². The summed E-state index contributed by atoms with van der Waals surface area (Å²) >= 11 is 0. The largest absolute Gasteiger partial charge is 0.456 e. The van der Waals surface area contributed by atoms with Crippen LogP contribution in [0.25, 0.3) is 88.0 Å². The van der Waals surface area contributed by atoms with Gasteiger partial charge in [-0.2, -0.15) is 0 Å². The molecule has 1 nitrogen and oxygen atoms in total. The fraction of sp³-hybridized carbons (Fsp3) is 0. The Kier molecular flexibility index (Phi) is 4.81. The molecule has 0 aliphatic rings. The molecule has 1 aromatic heterocycles. The van der Waals surface area contributed by atoms with Crippen molar-refractivity contribution < 1.29 is 11.3 Å². The topological polar surface area (TPSA) is 13.1 Å². The Bertz CT molecular complexity index is 2730. The number of hydrogen-bond donors (Lipinski definition) is 0. The minimum atomic E-state index is -0.399. The highest BCUT2D eigenvalue weighted by Crippen LogP contribution is 2.47. The molecule has 0 aliphatic heterocycles. The molecular formula is C44H28O. The van der Waals surface area contributed by atoms with Crippen molar-refractivity contribution in [3.05, 3.63) is 170 Å². The van der Waals surface area contributed by atoms with Crippen molar-refractivity contribution in [2.75, 3.05) is 0 Å². The van der Waals surface area contributed by atoms with Gasteiger partial charge in [-0.05, 0) is 90.3 Å². The second kappa shape index (κ2) is 10.4. The SMILES string of the molecule is [2H]c1c([2H])c([2H])c(-c2cccc(-c3c4ccccc4c(-c4cccc5oc6ccc(-c7ccccc7)cc6c45)c4ccccc34)c2)c([2H])c1[2H]. The first kappa shape index (κ1) is 20.9. The molecular weight excluding hydrogens is 544 g/mol. The number of furan rings is 1. The summed E-state index contributed by atoms with van der Waals surface area (Å²) in [6.45, 7) is 0. The highest BCUT2D eigenvalue weighted by Gasteiger charge is 2.20. The van der Waals surface area contributed by atoms with Gasteiger partial charge in [0.15, 0.2) is 0 Å². The van der Waals surface area contributed by atoms with E-state index in [-0.39, 0.29) is 29.7 Å². The summed E-state index contributed by atoms with van der Waals surface area (Å²) in [4.78, 5) is 0. The van der Waals surface area contributed by atoms with Crippen molar-refractivity contribution in [3.63, 3.8) is 0 Å². The fourth-order valence-corrected chi connectivity index (χ4v) is 6.80. The van der Waals surface area contributed by atoms with Gasteiger partial charge in [0.1, 0.15) is 11.2 Å². The average Bonchev–Trinajstić information content (AvgIpc) is 3.54. The van der Waals surface area contributed by atoms with Crippen LogP contribution in [0.2, 0.25) is 0 Å². The van der Waals surface area contributed by atoms with Gasteiger partial charge >= 0.3 is 0 Å². The molecule has 9 aromatic rings. The van der Waals surface area contributed by atoms with Crippen LogP contribution in [-0.4, -0.2) is 0 Å². The van der Waals surface area contributed by atoms with Crippen molar-refractivity contribution in [1.82, 2.24) is 0 Å². The second-order valence-corrected chi connectivity index (χ2v) is 11.3. The summed E-state index contributed by atoms with van der Waals surface area (Å²) in [6, 6.07) is 46.0. The smallest absolute Gasteiger partial charge is 0.136 e. The van der Waals surface area contributed by atoms with E-state index in [2.05, 4.69) is 91.0 Å². The lowest BCUT2D eigenvalue weighted by Crippen LogP contribution is -1.91. The van der Waals surface area contributed by atoms with E-state index in [4.69, 9.17) is 11.3 Å². The molecule has 0 radical (unpaired) electrons. The van der Waals surface area contributed by atoms with E-state index >= 15 is 0 Å². The summed E-state index contributed by atoms with van der Waals surface area (Å²) in [6.07, 6.45) is 0. The molecule has 9 rings (SSSR count). The van der Waals surface area contributed by atoms with Gasteiger partial charge in [-0.25, -0.2) is 0 Å². The summed E-state index contributed by atoms with van der Waals surface area (Å²) in [5, 5.41) is 6.38. The zero-order valence-corrected chi connectivity index (χ0v) is 24.2. The lowest BCUT2D eigenvalue weighted by Gasteiger charge is -2.18. The van der Waals surface area contributed by atoms with E-state index in [0.29, 0.717) is 5.56 Å². The molecule has 1 heteroatoms. The lowest BCUT2D eigenvalue weighted by molar-refractivity contribution is 0.669. The first-order valence-corrected chi connectivity index (χ1v) is 15.0. The minimum absolute atomic E-state index is 0.191. The fourth-order valence-electron chi connectivity index (χ4n) is 6.80. The lowest BCUT2D eigenvalue weighted by atomic mass is 9.84. The van der Waals surface area contributed by atoms with E-state index in [1.807, 2.05) is 48.5 Å². The quantitative estimate of drug-likeness (QED) is 0.190. The highest BCUT2D eigenvalue weighted by molar-refractivity contribution is 6.25. The third-order valence-corrected chi connectivity index (χ3v) is 8.74. The van der Waals surface area contributed by atoms with Gasteiger partial charge in [0.2, 0.25) is 0 Å². The van der Waals surface area contributed by atoms with Gasteiger partial charge in [0, 0.05) is 10.8 Å². The van der Waals surface area contributed by atoms with E-state index in [1.165, 1.54) is 0 Å². The highest BCUT2D eigenvalue weighted by atomic mass is 16.3. The Balaban J connectivity index is 1.33. The third-order valence-electron chi connectivity index (χ3n) is 8.74. The molecule has 0 saturated carbocycles. The van der Waals surface area contributed by atoms with Gasteiger partial charge in [0.25, 0.3) is 0 Å². The molecule has 0 fully saturated rings. The molecule has 0 saturated heterocycles. The monoisotopic (exact) mass is 577 g/mol. The molecule has 210 valence electrons. The van der Waals surface area contributed by atoms with Crippen molar-refractivity contribution in [2.24, 2.45) is 0 Å². The summed E-state index contributed by atoms with van der Waals surface area (Å²) in [5.74, 6) is 0. The van der Waals surface area contributed by atoms with Crippen LogP contribution in [0.3, 0.4) is 0 Å². The Morgan fingerprint density at radius 1 is 0.378 bits per heavy atom. The minimum Gasteiger partial charge on any atom is -0.456 e. The van der Waals surface area contributed by atoms with Gasteiger partial charge in [-0.3, -0.25) is 0 Å². The van der Waals surface area contributed by atoms with Crippen molar-refractivity contribution in [3.8, 4) is 44.5 Å². The van der Waals surface area contributed by atoms with Crippen LogP contribution in [0, 0.1) is 0 Å². The van der Waals surface area contributed by atoms with E-state index in [0.717, 1.165) is 76.9 Å². The maximum Gasteiger partial charge on any atom is 0.136 e. The van der Waals surface area contributed by atoms with Gasteiger partial charge in [-0.15, -0.1) is 0 Å².